The van der Waals surface area contributed by atoms with Crippen molar-refractivity contribution in [1.29, 1.82) is 0 Å². The van der Waals surface area contributed by atoms with Gasteiger partial charge in [-0.3, -0.25) is 16.0 Å². The second-order valence-corrected chi connectivity index (χ2v) is 6.04. The van der Waals surface area contributed by atoms with Gasteiger partial charge in [0.2, 0.25) is 0 Å². The summed E-state index contributed by atoms with van der Waals surface area (Å²) in [6, 6.07) is 10.9. The molecule has 3 N–H and O–H groups in total. The van der Waals surface area contributed by atoms with Gasteiger partial charge in [-0.25, -0.2) is 0 Å². The lowest BCUT2D eigenvalue weighted by Crippen LogP contribution is -2.51. The predicted octanol–water partition coefficient (Wildman–Crippen LogP) is 1.70. The van der Waals surface area contributed by atoms with Crippen molar-refractivity contribution in [2.45, 2.75) is 43.6 Å². The van der Waals surface area contributed by atoms with Crippen LogP contribution in [0.3, 0.4) is 0 Å². The van der Waals surface area contributed by atoms with Gasteiger partial charge in [0.15, 0.2) is 0 Å². The Labute approximate surface area is 125 Å². The normalized spacial score (nSPS) is 18.8. The molecule has 112 valence electrons. The Morgan fingerprint density at radius 2 is 2.00 bits per heavy atom. The van der Waals surface area contributed by atoms with E-state index in [1.807, 2.05) is 13.2 Å². The molecule has 1 unspecified atom stereocenters. The summed E-state index contributed by atoms with van der Waals surface area (Å²) in [4.78, 5) is 0. The van der Waals surface area contributed by atoms with Gasteiger partial charge >= 0.3 is 0 Å². The van der Waals surface area contributed by atoms with Crippen LogP contribution in [0.1, 0.15) is 36.9 Å². The van der Waals surface area contributed by atoms with E-state index in [0.717, 1.165) is 12.1 Å². The van der Waals surface area contributed by atoms with Gasteiger partial charge < -0.3 is 0 Å². The molecule has 1 aliphatic rings. The Morgan fingerprint density at radius 3 is 2.57 bits per heavy atom. The zero-order valence-electron chi connectivity index (χ0n) is 12.5. The number of hydrazine groups is 1. The van der Waals surface area contributed by atoms with E-state index < -0.39 is 0 Å². The Kier molecular flexibility index (Phi) is 4.03. The summed E-state index contributed by atoms with van der Waals surface area (Å²) >= 11 is 0. The van der Waals surface area contributed by atoms with Crippen molar-refractivity contribution in [2.24, 2.45) is 12.9 Å². The van der Waals surface area contributed by atoms with Crippen molar-refractivity contribution in [3.05, 3.63) is 47.8 Å². The van der Waals surface area contributed by atoms with Gasteiger partial charge in [-0.05, 0) is 18.4 Å². The van der Waals surface area contributed by atoms with Crippen LogP contribution in [-0.4, -0.2) is 21.0 Å². The molecular weight excluding hydrogens is 262 g/mol. The van der Waals surface area contributed by atoms with Crippen LogP contribution in [0.25, 0.3) is 0 Å². The maximum Gasteiger partial charge on any atom is 0.0843 e. The molecule has 0 amide bonds. The van der Waals surface area contributed by atoms with Gasteiger partial charge in [0, 0.05) is 31.1 Å². The van der Waals surface area contributed by atoms with Gasteiger partial charge in [0.1, 0.15) is 0 Å². The molecule has 5 heteroatoms. The zero-order valence-corrected chi connectivity index (χ0v) is 12.5. The molecule has 0 bridgehead atoms. The highest BCUT2D eigenvalue weighted by Gasteiger charge is 2.42. The van der Waals surface area contributed by atoms with Crippen LogP contribution < -0.4 is 11.3 Å². The van der Waals surface area contributed by atoms with E-state index in [2.05, 4.69) is 46.1 Å². The number of nitrogens with two attached hydrogens (primary N) is 1. The molecule has 0 aliphatic heterocycles. The lowest BCUT2D eigenvalue weighted by Gasteiger charge is -2.37. The van der Waals surface area contributed by atoms with Crippen molar-refractivity contribution < 1.29 is 0 Å². The molecule has 3 rings (SSSR count). The highest BCUT2D eigenvalue weighted by molar-refractivity contribution is 5.30. The lowest BCUT2D eigenvalue weighted by molar-refractivity contribution is 0.294. The Balaban J connectivity index is 1.91. The molecule has 1 fully saturated rings. The molecule has 1 aromatic heterocycles. The minimum Gasteiger partial charge on any atom is -0.271 e. The summed E-state index contributed by atoms with van der Waals surface area (Å²) in [5.74, 6) is 5.92. The summed E-state index contributed by atoms with van der Waals surface area (Å²) in [6.45, 7) is 0. The number of rotatable bonds is 5. The maximum atomic E-state index is 5.92. The van der Waals surface area contributed by atoms with Crippen molar-refractivity contribution in [3.63, 3.8) is 0 Å². The first-order valence-electron chi connectivity index (χ1n) is 7.61. The molecule has 21 heavy (non-hydrogen) atoms. The molecule has 0 spiro atoms. The van der Waals surface area contributed by atoms with Gasteiger partial charge in [0.25, 0.3) is 0 Å². The quantitative estimate of drug-likeness (QED) is 0.648. The lowest BCUT2D eigenvalue weighted by atomic mass is 9.71. The van der Waals surface area contributed by atoms with E-state index in [1.54, 1.807) is 4.68 Å². The second-order valence-electron chi connectivity index (χ2n) is 6.04. The summed E-state index contributed by atoms with van der Waals surface area (Å²) in [5, 5.41) is 8.24. The van der Waals surface area contributed by atoms with E-state index in [4.69, 9.17) is 5.84 Å². The number of aromatic nitrogens is 3. The highest BCUT2D eigenvalue weighted by atomic mass is 15.4. The minimum absolute atomic E-state index is 0.105. The Hall–Kier alpha value is -1.72. The standard InChI is InChI=1S/C16H23N5/c1-21-12-14(19-20-21)11-15(18-17)16(9-5-6-10-16)13-7-3-2-4-8-13/h2-4,7-8,12,15,18H,5-6,9-11,17H2,1H3. The molecule has 0 saturated heterocycles. The van der Waals surface area contributed by atoms with Crippen LogP contribution in [0, 0.1) is 0 Å². The number of aryl methyl sites for hydroxylation is 1. The van der Waals surface area contributed by atoms with Crippen LogP contribution in [0.5, 0.6) is 0 Å². The molecule has 5 nitrogen and oxygen atoms in total. The van der Waals surface area contributed by atoms with Crippen molar-refractivity contribution in [1.82, 2.24) is 20.4 Å². The zero-order chi connectivity index (χ0) is 14.7. The summed E-state index contributed by atoms with van der Waals surface area (Å²) < 4.78 is 1.74. The molecule has 1 aromatic carbocycles. The van der Waals surface area contributed by atoms with Crippen LogP contribution in [0.15, 0.2) is 36.5 Å². The van der Waals surface area contributed by atoms with Crippen LogP contribution in [0.4, 0.5) is 0 Å². The Bertz CT molecular complexity index is 571. The number of benzene rings is 1. The predicted molar refractivity (Wildman–Crippen MR) is 82.4 cm³/mol. The SMILES string of the molecule is Cn1cc(CC(NN)C2(c3ccccc3)CCCC2)nn1. The number of hydrogen-bond acceptors (Lipinski definition) is 4. The first kappa shape index (κ1) is 14.2. The first-order chi connectivity index (χ1) is 10.2. The Morgan fingerprint density at radius 1 is 1.29 bits per heavy atom. The fraction of sp³-hybridized carbons (Fsp3) is 0.500. The molecular formula is C16H23N5. The topological polar surface area (TPSA) is 68.8 Å². The number of hydrogen-bond donors (Lipinski definition) is 2. The van der Waals surface area contributed by atoms with E-state index >= 15 is 0 Å². The maximum absolute atomic E-state index is 5.92. The van der Waals surface area contributed by atoms with E-state index in [9.17, 15) is 0 Å². The van der Waals surface area contributed by atoms with Crippen LogP contribution in [0.2, 0.25) is 0 Å². The van der Waals surface area contributed by atoms with Gasteiger partial charge in [-0.15, -0.1) is 5.10 Å². The fourth-order valence-corrected chi connectivity index (χ4v) is 3.73. The van der Waals surface area contributed by atoms with E-state index in [-0.39, 0.29) is 11.5 Å². The molecule has 1 heterocycles. The van der Waals surface area contributed by atoms with Gasteiger partial charge in [0.05, 0.1) is 5.69 Å². The molecule has 0 radical (unpaired) electrons. The van der Waals surface area contributed by atoms with Crippen LogP contribution in [-0.2, 0) is 18.9 Å². The van der Waals surface area contributed by atoms with Crippen LogP contribution >= 0.6 is 0 Å². The summed E-state index contributed by atoms with van der Waals surface area (Å²) in [6.07, 6.45) is 7.64. The van der Waals surface area contributed by atoms with Crippen molar-refractivity contribution >= 4 is 0 Å². The third-order valence-electron chi connectivity index (χ3n) is 4.78. The summed E-state index contributed by atoms with van der Waals surface area (Å²) in [7, 11) is 1.89. The second kappa shape index (κ2) is 5.95. The largest absolute Gasteiger partial charge is 0.271 e. The van der Waals surface area contributed by atoms with Gasteiger partial charge in [-0.2, -0.15) is 0 Å². The highest BCUT2D eigenvalue weighted by Crippen LogP contribution is 2.44. The first-order valence-corrected chi connectivity index (χ1v) is 7.61. The van der Waals surface area contributed by atoms with Crippen molar-refractivity contribution in [3.8, 4) is 0 Å². The monoisotopic (exact) mass is 285 g/mol. The smallest absolute Gasteiger partial charge is 0.0843 e. The third kappa shape index (κ3) is 2.71. The molecule has 1 aliphatic carbocycles. The molecule has 1 atom stereocenters. The number of nitrogens with one attached hydrogen (secondary N) is 1. The van der Waals surface area contributed by atoms with E-state index in [1.165, 1.54) is 31.2 Å². The summed E-state index contributed by atoms with van der Waals surface area (Å²) in [5.41, 5.74) is 5.54. The molecule has 1 saturated carbocycles. The molecule has 2 aromatic rings. The number of nitrogens with zero attached hydrogens (tertiary/aromatic N) is 3. The van der Waals surface area contributed by atoms with Gasteiger partial charge in [-0.1, -0.05) is 48.4 Å². The average Bonchev–Trinajstić information content (AvgIpc) is 3.15. The fourth-order valence-electron chi connectivity index (χ4n) is 3.73. The minimum atomic E-state index is 0.105. The third-order valence-corrected chi connectivity index (χ3v) is 4.78. The van der Waals surface area contributed by atoms with E-state index in [0.29, 0.717) is 0 Å². The van der Waals surface area contributed by atoms with Crippen molar-refractivity contribution in [2.75, 3.05) is 0 Å². The average molecular weight is 285 g/mol.